The first kappa shape index (κ1) is 16.9. The van der Waals surface area contributed by atoms with Crippen molar-refractivity contribution in [1.29, 1.82) is 0 Å². The Kier molecular flexibility index (Phi) is 6.02. The number of hydrogen-bond donors (Lipinski definition) is 2. The lowest BCUT2D eigenvalue weighted by Gasteiger charge is -2.09. The van der Waals surface area contributed by atoms with E-state index in [0.29, 0.717) is 30.6 Å². The first-order valence-corrected chi connectivity index (χ1v) is 7.81. The van der Waals surface area contributed by atoms with E-state index in [-0.39, 0.29) is 5.91 Å². The molecule has 0 fully saturated rings. The molecule has 0 aliphatic heterocycles. The van der Waals surface area contributed by atoms with Gasteiger partial charge in [0.15, 0.2) is 0 Å². The summed E-state index contributed by atoms with van der Waals surface area (Å²) in [5.74, 6) is 0.836. The van der Waals surface area contributed by atoms with Gasteiger partial charge in [0.2, 0.25) is 5.95 Å². The predicted octanol–water partition coefficient (Wildman–Crippen LogP) is 2.57. The maximum atomic E-state index is 12.2. The average molecular weight is 313 g/mol. The number of pyridine rings is 1. The van der Waals surface area contributed by atoms with Crippen LogP contribution < -0.4 is 10.6 Å². The second-order valence-corrected chi connectivity index (χ2v) is 5.87. The number of carbonyl (C=O) groups excluding carboxylic acids is 1. The summed E-state index contributed by atoms with van der Waals surface area (Å²) in [6, 6.07) is 5.54. The molecule has 2 N–H and O–H groups in total. The van der Waals surface area contributed by atoms with Gasteiger partial charge in [-0.25, -0.2) is 9.97 Å². The van der Waals surface area contributed by atoms with Gasteiger partial charge in [0.05, 0.1) is 0 Å². The van der Waals surface area contributed by atoms with Crippen LogP contribution in [0.2, 0.25) is 0 Å². The summed E-state index contributed by atoms with van der Waals surface area (Å²) in [5, 5.41) is 6.02. The van der Waals surface area contributed by atoms with Crippen LogP contribution in [0.15, 0.2) is 30.6 Å². The van der Waals surface area contributed by atoms with E-state index in [1.54, 1.807) is 18.5 Å². The standard InChI is InChI=1S/C17H23N5O/c1-12(2)6-8-19-16(23)15-9-13(3)21-17(22-15)20-11-14-5-4-7-18-10-14/h4-5,7,9-10,12H,6,8,11H2,1-3H3,(H,19,23)(H,20,21,22). The number of amides is 1. The Bertz CT molecular complexity index is 643. The molecular weight excluding hydrogens is 290 g/mol. The zero-order valence-corrected chi connectivity index (χ0v) is 13.8. The molecule has 0 radical (unpaired) electrons. The van der Waals surface area contributed by atoms with Crippen LogP contribution in [0.25, 0.3) is 0 Å². The number of nitrogens with zero attached hydrogens (tertiary/aromatic N) is 3. The van der Waals surface area contributed by atoms with Crippen molar-refractivity contribution in [2.24, 2.45) is 5.92 Å². The van der Waals surface area contributed by atoms with Gasteiger partial charge in [0, 0.05) is 31.2 Å². The van der Waals surface area contributed by atoms with Gasteiger partial charge in [-0.1, -0.05) is 19.9 Å². The summed E-state index contributed by atoms with van der Waals surface area (Å²) in [4.78, 5) is 24.8. The van der Waals surface area contributed by atoms with Crippen molar-refractivity contribution in [2.75, 3.05) is 11.9 Å². The summed E-state index contributed by atoms with van der Waals surface area (Å²) >= 11 is 0. The Labute approximate surface area is 136 Å². The van der Waals surface area contributed by atoms with Crippen molar-refractivity contribution >= 4 is 11.9 Å². The molecule has 0 bridgehead atoms. The van der Waals surface area contributed by atoms with E-state index in [1.807, 2.05) is 19.1 Å². The maximum absolute atomic E-state index is 12.2. The molecule has 2 aromatic heterocycles. The van der Waals surface area contributed by atoms with Crippen molar-refractivity contribution in [2.45, 2.75) is 33.7 Å². The van der Waals surface area contributed by atoms with Gasteiger partial charge in [-0.15, -0.1) is 0 Å². The first-order chi connectivity index (χ1) is 11.0. The molecule has 2 rings (SSSR count). The van der Waals surface area contributed by atoms with E-state index in [2.05, 4.69) is 39.4 Å². The number of aromatic nitrogens is 3. The minimum atomic E-state index is -0.166. The van der Waals surface area contributed by atoms with E-state index < -0.39 is 0 Å². The highest BCUT2D eigenvalue weighted by Crippen LogP contribution is 2.07. The first-order valence-electron chi connectivity index (χ1n) is 7.81. The smallest absolute Gasteiger partial charge is 0.270 e. The van der Waals surface area contributed by atoms with Crippen LogP contribution in [0.5, 0.6) is 0 Å². The molecule has 0 saturated carbocycles. The Morgan fingerprint density at radius 3 is 2.83 bits per heavy atom. The largest absolute Gasteiger partial charge is 0.351 e. The number of nitrogens with one attached hydrogen (secondary N) is 2. The van der Waals surface area contributed by atoms with Crippen molar-refractivity contribution in [3.8, 4) is 0 Å². The summed E-state index contributed by atoms with van der Waals surface area (Å²) < 4.78 is 0. The Morgan fingerprint density at radius 1 is 1.30 bits per heavy atom. The lowest BCUT2D eigenvalue weighted by Crippen LogP contribution is -2.26. The molecule has 0 aliphatic carbocycles. The molecule has 1 amide bonds. The normalized spacial score (nSPS) is 10.6. The van der Waals surface area contributed by atoms with Crippen molar-refractivity contribution in [3.05, 3.63) is 47.5 Å². The van der Waals surface area contributed by atoms with Gasteiger partial charge in [-0.3, -0.25) is 9.78 Å². The number of carbonyl (C=O) groups is 1. The zero-order valence-electron chi connectivity index (χ0n) is 13.8. The highest BCUT2D eigenvalue weighted by Gasteiger charge is 2.10. The van der Waals surface area contributed by atoms with Crippen LogP contribution in [0, 0.1) is 12.8 Å². The van der Waals surface area contributed by atoms with Crippen molar-refractivity contribution in [1.82, 2.24) is 20.3 Å². The van der Waals surface area contributed by atoms with Gasteiger partial charge in [-0.05, 0) is 37.0 Å². The van der Waals surface area contributed by atoms with Gasteiger partial charge in [-0.2, -0.15) is 0 Å². The van der Waals surface area contributed by atoms with Crippen molar-refractivity contribution in [3.63, 3.8) is 0 Å². The summed E-state index contributed by atoms with van der Waals surface area (Å²) in [7, 11) is 0. The summed E-state index contributed by atoms with van der Waals surface area (Å²) in [5.41, 5.74) is 2.16. The predicted molar refractivity (Wildman–Crippen MR) is 90.1 cm³/mol. The van der Waals surface area contributed by atoms with Crippen LogP contribution >= 0.6 is 0 Å². The highest BCUT2D eigenvalue weighted by molar-refractivity contribution is 5.92. The lowest BCUT2D eigenvalue weighted by molar-refractivity contribution is 0.0947. The molecule has 122 valence electrons. The fraction of sp³-hybridized carbons (Fsp3) is 0.412. The van der Waals surface area contributed by atoms with E-state index in [4.69, 9.17) is 0 Å². The number of anilines is 1. The Hall–Kier alpha value is -2.50. The van der Waals surface area contributed by atoms with Gasteiger partial charge >= 0.3 is 0 Å². The van der Waals surface area contributed by atoms with Gasteiger partial charge < -0.3 is 10.6 Å². The average Bonchev–Trinajstić information content (AvgIpc) is 2.53. The molecule has 6 nitrogen and oxygen atoms in total. The number of aryl methyl sites for hydroxylation is 1. The molecule has 23 heavy (non-hydrogen) atoms. The molecule has 0 unspecified atom stereocenters. The van der Waals surface area contributed by atoms with Crippen LogP contribution in [-0.2, 0) is 6.54 Å². The van der Waals surface area contributed by atoms with Gasteiger partial charge in [0.1, 0.15) is 5.69 Å². The fourth-order valence-electron chi connectivity index (χ4n) is 2.01. The number of rotatable bonds is 7. The van der Waals surface area contributed by atoms with E-state index in [1.165, 1.54) is 0 Å². The second-order valence-electron chi connectivity index (χ2n) is 5.87. The molecule has 2 aromatic rings. The Balaban J connectivity index is 1.99. The van der Waals surface area contributed by atoms with E-state index >= 15 is 0 Å². The van der Waals surface area contributed by atoms with E-state index in [0.717, 1.165) is 17.7 Å². The quantitative estimate of drug-likeness (QED) is 0.821. The van der Waals surface area contributed by atoms with Crippen molar-refractivity contribution < 1.29 is 4.79 Å². The van der Waals surface area contributed by atoms with Crippen LogP contribution in [0.4, 0.5) is 5.95 Å². The van der Waals surface area contributed by atoms with Crippen LogP contribution in [-0.4, -0.2) is 27.4 Å². The zero-order chi connectivity index (χ0) is 16.7. The third-order valence-corrected chi connectivity index (χ3v) is 3.27. The second kappa shape index (κ2) is 8.22. The molecule has 0 spiro atoms. The monoisotopic (exact) mass is 313 g/mol. The van der Waals surface area contributed by atoms with Crippen LogP contribution in [0.1, 0.15) is 42.0 Å². The molecular formula is C17H23N5O. The Morgan fingerprint density at radius 2 is 2.13 bits per heavy atom. The molecule has 2 heterocycles. The minimum absolute atomic E-state index is 0.166. The van der Waals surface area contributed by atoms with Gasteiger partial charge in [0.25, 0.3) is 5.91 Å². The maximum Gasteiger partial charge on any atom is 0.270 e. The topological polar surface area (TPSA) is 79.8 Å². The molecule has 0 atom stereocenters. The number of hydrogen-bond acceptors (Lipinski definition) is 5. The fourth-order valence-corrected chi connectivity index (χ4v) is 2.01. The summed E-state index contributed by atoms with van der Waals surface area (Å²) in [6.07, 6.45) is 4.45. The SMILES string of the molecule is Cc1cc(C(=O)NCCC(C)C)nc(NCc2cccnc2)n1. The third-order valence-electron chi connectivity index (χ3n) is 3.27. The molecule has 0 saturated heterocycles. The molecule has 0 aliphatic rings. The third kappa shape index (κ3) is 5.65. The minimum Gasteiger partial charge on any atom is -0.351 e. The lowest BCUT2D eigenvalue weighted by atomic mass is 10.1. The molecule has 0 aromatic carbocycles. The van der Waals surface area contributed by atoms with Crippen LogP contribution in [0.3, 0.4) is 0 Å². The summed E-state index contributed by atoms with van der Waals surface area (Å²) in [6.45, 7) is 7.31. The van der Waals surface area contributed by atoms with E-state index in [9.17, 15) is 4.79 Å². The highest BCUT2D eigenvalue weighted by atomic mass is 16.1. The molecule has 6 heteroatoms.